The number of hydrogen-bond donors (Lipinski definition) is 0. The summed E-state index contributed by atoms with van der Waals surface area (Å²) in [6.07, 6.45) is 12.4. The van der Waals surface area contributed by atoms with Gasteiger partial charge in [0.25, 0.3) is 0 Å². The lowest BCUT2D eigenvalue weighted by atomic mass is 9.80. The Hall–Kier alpha value is -0.340. The van der Waals surface area contributed by atoms with Gasteiger partial charge in [0.2, 0.25) is 0 Å². The Bertz CT molecular complexity index is 283. The normalized spacial score (nSPS) is 25.2. The van der Waals surface area contributed by atoms with E-state index in [1.807, 2.05) is 6.08 Å². The van der Waals surface area contributed by atoms with Gasteiger partial charge in [0, 0.05) is 5.41 Å². The second kappa shape index (κ2) is 9.63. The molecule has 0 saturated carbocycles. The molecule has 0 aliphatic carbocycles. The highest BCUT2D eigenvalue weighted by Gasteiger charge is 2.39. The van der Waals surface area contributed by atoms with Crippen molar-refractivity contribution in [3.63, 3.8) is 0 Å². The van der Waals surface area contributed by atoms with Crippen molar-refractivity contribution in [2.45, 2.75) is 91.5 Å². The molecule has 0 aromatic heterocycles. The highest BCUT2D eigenvalue weighted by atomic mass is 16.7. The molecule has 2 heteroatoms. The molecule has 1 rings (SSSR count). The Morgan fingerprint density at radius 1 is 1.10 bits per heavy atom. The first-order valence-corrected chi connectivity index (χ1v) is 8.85. The molecule has 2 nitrogen and oxygen atoms in total. The van der Waals surface area contributed by atoms with Gasteiger partial charge in [-0.3, -0.25) is 0 Å². The molecule has 0 amide bonds. The fourth-order valence-corrected chi connectivity index (χ4v) is 3.29. The smallest absolute Gasteiger partial charge is 0.158 e. The minimum atomic E-state index is 0.0196. The zero-order valence-corrected chi connectivity index (χ0v) is 14.7. The van der Waals surface area contributed by atoms with Gasteiger partial charge in [-0.05, 0) is 31.6 Å². The minimum absolute atomic E-state index is 0.0196. The van der Waals surface area contributed by atoms with Gasteiger partial charge in [-0.15, -0.1) is 6.58 Å². The molecule has 124 valence electrons. The quantitative estimate of drug-likeness (QED) is 0.379. The van der Waals surface area contributed by atoms with E-state index in [4.69, 9.17) is 9.47 Å². The van der Waals surface area contributed by atoms with Gasteiger partial charge in [-0.25, -0.2) is 0 Å². The molecule has 21 heavy (non-hydrogen) atoms. The SMILES string of the molecule is C=CCCCCCCCC[C@@H]1OCC(C)(C)[C@@H](C(C)C)O1. The molecule has 0 spiro atoms. The summed E-state index contributed by atoms with van der Waals surface area (Å²) in [4.78, 5) is 0. The highest BCUT2D eigenvalue weighted by molar-refractivity contribution is 4.84. The largest absolute Gasteiger partial charge is 0.352 e. The van der Waals surface area contributed by atoms with E-state index in [2.05, 4.69) is 34.3 Å². The molecule has 1 heterocycles. The summed E-state index contributed by atoms with van der Waals surface area (Å²) >= 11 is 0. The number of ether oxygens (including phenoxy) is 2. The molecule has 0 bridgehead atoms. The third-order valence-electron chi connectivity index (χ3n) is 4.41. The molecule has 1 fully saturated rings. The number of unbranched alkanes of at least 4 members (excludes halogenated alkanes) is 6. The van der Waals surface area contributed by atoms with E-state index < -0.39 is 0 Å². The van der Waals surface area contributed by atoms with Crippen LogP contribution in [0.15, 0.2) is 12.7 Å². The van der Waals surface area contributed by atoms with Crippen LogP contribution in [-0.4, -0.2) is 19.0 Å². The summed E-state index contributed by atoms with van der Waals surface area (Å²) in [6, 6.07) is 0. The van der Waals surface area contributed by atoms with E-state index in [0.29, 0.717) is 12.0 Å². The van der Waals surface area contributed by atoms with Crippen LogP contribution < -0.4 is 0 Å². The molecule has 1 saturated heterocycles. The van der Waals surface area contributed by atoms with Crippen molar-refractivity contribution in [3.8, 4) is 0 Å². The van der Waals surface area contributed by atoms with Crippen LogP contribution >= 0.6 is 0 Å². The summed E-state index contributed by atoms with van der Waals surface area (Å²) in [7, 11) is 0. The van der Waals surface area contributed by atoms with E-state index in [1.165, 1.54) is 38.5 Å². The number of allylic oxidation sites excluding steroid dienone is 1. The molecular formula is C19H36O2. The molecule has 2 atom stereocenters. The molecule has 0 unspecified atom stereocenters. The van der Waals surface area contributed by atoms with Crippen LogP contribution in [0.1, 0.15) is 79.1 Å². The Morgan fingerprint density at radius 2 is 1.71 bits per heavy atom. The first-order chi connectivity index (χ1) is 9.97. The van der Waals surface area contributed by atoms with Crippen molar-refractivity contribution in [2.24, 2.45) is 11.3 Å². The summed E-state index contributed by atoms with van der Waals surface area (Å²) in [5.41, 5.74) is 0.135. The van der Waals surface area contributed by atoms with Crippen LogP contribution in [0, 0.1) is 11.3 Å². The molecule has 0 N–H and O–H groups in total. The van der Waals surface area contributed by atoms with Gasteiger partial charge in [0.1, 0.15) is 0 Å². The summed E-state index contributed by atoms with van der Waals surface area (Å²) in [6.45, 7) is 13.6. The Labute approximate surface area is 132 Å². The molecule has 0 radical (unpaired) electrons. The Kier molecular flexibility index (Phi) is 8.58. The third kappa shape index (κ3) is 6.97. The van der Waals surface area contributed by atoms with Crippen molar-refractivity contribution in [2.75, 3.05) is 6.61 Å². The monoisotopic (exact) mass is 296 g/mol. The van der Waals surface area contributed by atoms with Gasteiger partial charge in [0.05, 0.1) is 12.7 Å². The average molecular weight is 296 g/mol. The van der Waals surface area contributed by atoms with Crippen LogP contribution in [0.5, 0.6) is 0 Å². The van der Waals surface area contributed by atoms with Gasteiger partial charge < -0.3 is 9.47 Å². The van der Waals surface area contributed by atoms with E-state index in [1.54, 1.807) is 0 Å². The lowest BCUT2D eigenvalue weighted by molar-refractivity contribution is -0.271. The van der Waals surface area contributed by atoms with E-state index in [9.17, 15) is 0 Å². The summed E-state index contributed by atoms with van der Waals surface area (Å²) in [5.74, 6) is 0.552. The highest BCUT2D eigenvalue weighted by Crippen LogP contribution is 2.35. The van der Waals surface area contributed by atoms with Crippen molar-refractivity contribution < 1.29 is 9.47 Å². The zero-order valence-electron chi connectivity index (χ0n) is 14.7. The van der Waals surface area contributed by atoms with Gasteiger partial charge >= 0.3 is 0 Å². The second-order valence-corrected chi connectivity index (χ2v) is 7.52. The van der Waals surface area contributed by atoms with Crippen molar-refractivity contribution >= 4 is 0 Å². The third-order valence-corrected chi connectivity index (χ3v) is 4.41. The fourth-order valence-electron chi connectivity index (χ4n) is 3.29. The maximum absolute atomic E-state index is 6.19. The van der Waals surface area contributed by atoms with Crippen LogP contribution in [0.2, 0.25) is 0 Å². The molecule has 0 aromatic carbocycles. The molecular weight excluding hydrogens is 260 g/mol. The van der Waals surface area contributed by atoms with Gasteiger partial charge in [-0.1, -0.05) is 59.5 Å². The van der Waals surface area contributed by atoms with E-state index in [-0.39, 0.29) is 11.7 Å². The van der Waals surface area contributed by atoms with Gasteiger partial charge in [0.15, 0.2) is 6.29 Å². The average Bonchev–Trinajstić information content (AvgIpc) is 2.42. The van der Waals surface area contributed by atoms with Crippen LogP contribution in [0.25, 0.3) is 0 Å². The standard InChI is InChI=1S/C19H36O2/c1-6-7-8-9-10-11-12-13-14-17-20-15-19(4,5)18(21-17)16(2)3/h6,16-18H,1,7-15H2,2-5H3/t17-,18-/m1/s1. The van der Waals surface area contributed by atoms with Crippen LogP contribution in [-0.2, 0) is 9.47 Å². The first-order valence-electron chi connectivity index (χ1n) is 8.85. The number of rotatable bonds is 10. The molecule has 0 aromatic rings. The van der Waals surface area contributed by atoms with Crippen molar-refractivity contribution in [3.05, 3.63) is 12.7 Å². The van der Waals surface area contributed by atoms with Crippen LogP contribution in [0.4, 0.5) is 0 Å². The minimum Gasteiger partial charge on any atom is -0.352 e. The topological polar surface area (TPSA) is 18.5 Å². The van der Waals surface area contributed by atoms with Crippen LogP contribution in [0.3, 0.4) is 0 Å². The predicted octanol–water partition coefficient (Wildman–Crippen LogP) is 5.72. The van der Waals surface area contributed by atoms with Crippen molar-refractivity contribution in [1.29, 1.82) is 0 Å². The predicted molar refractivity (Wildman–Crippen MR) is 90.4 cm³/mol. The summed E-state index contributed by atoms with van der Waals surface area (Å²) < 4.78 is 12.1. The lowest BCUT2D eigenvalue weighted by Gasteiger charge is -2.44. The van der Waals surface area contributed by atoms with Gasteiger partial charge in [-0.2, -0.15) is 0 Å². The Morgan fingerprint density at radius 3 is 2.33 bits per heavy atom. The number of hydrogen-bond acceptors (Lipinski definition) is 2. The maximum atomic E-state index is 6.19. The molecule has 1 aliphatic rings. The summed E-state index contributed by atoms with van der Waals surface area (Å²) in [5, 5.41) is 0. The first kappa shape index (κ1) is 18.7. The zero-order chi connectivity index (χ0) is 15.7. The Balaban J connectivity index is 2.12. The maximum Gasteiger partial charge on any atom is 0.158 e. The van der Waals surface area contributed by atoms with E-state index in [0.717, 1.165) is 19.4 Å². The van der Waals surface area contributed by atoms with E-state index >= 15 is 0 Å². The second-order valence-electron chi connectivity index (χ2n) is 7.52. The lowest BCUT2D eigenvalue weighted by Crippen LogP contribution is -2.48. The fraction of sp³-hybridized carbons (Fsp3) is 0.895. The molecule has 1 aliphatic heterocycles. The van der Waals surface area contributed by atoms with Crippen molar-refractivity contribution in [1.82, 2.24) is 0 Å².